The van der Waals surface area contributed by atoms with Gasteiger partial charge in [0.1, 0.15) is 0 Å². The van der Waals surface area contributed by atoms with Crippen LogP contribution in [-0.2, 0) is 6.18 Å². The molecule has 0 unspecified atom stereocenters. The summed E-state index contributed by atoms with van der Waals surface area (Å²) in [6, 6.07) is 11.9. The van der Waals surface area contributed by atoms with Crippen LogP contribution in [0, 0.1) is 0 Å². The normalized spacial score (nSPS) is 11.6. The van der Waals surface area contributed by atoms with Crippen molar-refractivity contribution >= 4 is 34.1 Å². The van der Waals surface area contributed by atoms with E-state index in [9.17, 15) is 13.2 Å². The molecule has 1 heterocycles. The molecule has 0 aliphatic heterocycles. The molecule has 22 heavy (non-hydrogen) atoms. The lowest BCUT2D eigenvalue weighted by atomic mass is 10.2. The van der Waals surface area contributed by atoms with E-state index in [0.717, 1.165) is 12.1 Å². The summed E-state index contributed by atoms with van der Waals surface area (Å²) in [5.74, 6) is 0.208. The fourth-order valence-corrected chi connectivity index (χ4v) is 2.15. The van der Waals surface area contributed by atoms with Crippen molar-refractivity contribution < 1.29 is 13.2 Å². The first-order valence-corrected chi connectivity index (χ1v) is 6.68. The summed E-state index contributed by atoms with van der Waals surface area (Å²) in [6.07, 6.45) is -4.41. The second kappa shape index (κ2) is 5.46. The quantitative estimate of drug-likeness (QED) is 0.717. The Balaban J connectivity index is 1.98. The van der Waals surface area contributed by atoms with Crippen LogP contribution in [0.15, 0.2) is 48.5 Å². The molecule has 2 aromatic carbocycles. The summed E-state index contributed by atoms with van der Waals surface area (Å²) in [5, 5.41) is 2.86. The van der Waals surface area contributed by atoms with Gasteiger partial charge in [0.2, 0.25) is 0 Å². The highest BCUT2D eigenvalue weighted by Crippen LogP contribution is 2.32. The molecule has 1 aromatic heterocycles. The molecule has 0 radical (unpaired) electrons. The lowest BCUT2D eigenvalue weighted by Gasteiger charge is -2.11. The molecule has 0 amide bonds. The van der Waals surface area contributed by atoms with Crippen LogP contribution >= 0.6 is 11.6 Å². The van der Waals surface area contributed by atoms with Gasteiger partial charge >= 0.3 is 6.18 Å². The number of fused-ring (bicyclic) bond motifs is 1. The van der Waals surface area contributed by atoms with Crippen molar-refractivity contribution in [3.63, 3.8) is 0 Å². The minimum absolute atomic E-state index is 0.0936. The van der Waals surface area contributed by atoms with Gasteiger partial charge in [-0.2, -0.15) is 13.2 Å². The molecule has 3 nitrogen and oxygen atoms in total. The predicted octanol–water partition coefficient (Wildman–Crippen LogP) is 5.05. The number of alkyl halides is 3. The average Bonchev–Trinajstić information content (AvgIpc) is 2.47. The van der Waals surface area contributed by atoms with E-state index in [2.05, 4.69) is 15.3 Å². The molecule has 7 heteroatoms. The van der Waals surface area contributed by atoms with E-state index in [1.54, 1.807) is 24.3 Å². The van der Waals surface area contributed by atoms with Crippen molar-refractivity contribution in [1.82, 2.24) is 9.97 Å². The number of hydrogen-bond acceptors (Lipinski definition) is 3. The number of para-hydroxylation sites is 2. The van der Waals surface area contributed by atoms with Gasteiger partial charge in [0.05, 0.1) is 16.6 Å². The molecule has 0 bridgehead atoms. The summed E-state index contributed by atoms with van der Waals surface area (Å²) in [4.78, 5) is 8.44. The van der Waals surface area contributed by atoms with Gasteiger partial charge in [-0.25, -0.2) is 9.97 Å². The second-order valence-electron chi connectivity index (χ2n) is 4.56. The van der Waals surface area contributed by atoms with Crippen LogP contribution in [0.1, 0.15) is 5.56 Å². The van der Waals surface area contributed by atoms with Crippen LogP contribution in [-0.4, -0.2) is 9.97 Å². The first-order valence-electron chi connectivity index (χ1n) is 6.30. The Morgan fingerprint density at radius 3 is 2.27 bits per heavy atom. The smallest absolute Gasteiger partial charge is 0.338 e. The average molecular weight is 324 g/mol. The Hall–Kier alpha value is -2.34. The lowest BCUT2D eigenvalue weighted by molar-refractivity contribution is -0.137. The highest BCUT2D eigenvalue weighted by molar-refractivity contribution is 6.32. The maximum Gasteiger partial charge on any atom is 0.416 e. The summed E-state index contributed by atoms with van der Waals surface area (Å²) >= 11 is 6.02. The molecular weight excluding hydrogens is 315 g/mol. The SMILES string of the molecule is FC(F)(F)c1cccc(Nc2nc3ccccc3nc2Cl)c1. The van der Waals surface area contributed by atoms with Gasteiger partial charge < -0.3 is 5.32 Å². The van der Waals surface area contributed by atoms with E-state index >= 15 is 0 Å². The summed E-state index contributed by atoms with van der Waals surface area (Å²) in [7, 11) is 0. The van der Waals surface area contributed by atoms with E-state index in [1.165, 1.54) is 12.1 Å². The molecule has 3 aromatic rings. The van der Waals surface area contributed by atoms with Crippen molar-refractivity contribution in [3.05, 3.63) is 59.2 Å². The molecule has 0 spiro atoms. The van der Waals surface area contributed by atoms with Crippen LogP contribution in [0.4, 0.5) is 24.7 Å². The van der Waals surface area contributed by atoms with Gasteiger partial charge in [0, 0.05) is 5.69 Å². The third kappa shape index (κ3) is 2.96. The van der Waals surface area contributed by atoms with Crippen LogP contribution in [0.2, 0.25) is 5.15 Å². The van der Waals surface area contributed by atoms with E-state index in [0.29, 0.717) is 11.0 Å². The Kier molecular flexibility index (Phi) is 3.62. The molecule has 0 saturated carbocycles. The van der Waals surface area contributed by atoms with Crippen LogP contribution < -0.4 is 5.32 Å². The molecular formula is C15H9ClF3N3. The maximum atomic E-state index is 12.7. The third-order valence-corrected chi connectivity index (χ3v) is 3.24. The minimum atomic E-state index is -4.41. The molecule has 1 N–H and O–H groups in total. The zero-order valence-corrected chi connectivity index (χ0v) is 11.8. The molecule has 0 saturated heterocycles. The fraction of sp³-hybridized carbons (Fsp3) is 0.0667. The maximum absolute atomic E-state index is 12.7. The Bertz CT molecular complexity index is 834. The fourth-order valence-electron chi connectivity index (χ4n) is 1.97. The van der Waals surface area contributed by atoms with Crippen molar-refractivity contribution in [2.24, 2.45) is 0 Å². The predicted molar refractivity (Wildman–Crippen MR) is 79.3 cm³/mol. The van der Waals surface area contributed by atoms with Crippen molar-refractivity contribution in [2.45, 2.75) is 6.18 Å². The minimum Gasteiger partial charge on any atom is -0.338 e. The number of nitrogens with zero attached hydrogens (tertiary/aromatic N) is 2. The molecule has 0 aliphatic rings. The van der Waals surface area contributed by atoms with Crippen molar-refractivity contribution in [1.29, 1.82) is 0 Å². The van der Waals surface area contributed by atoms with Gasteiger partial charge in [0.15, 0.2) is 11.0 Å². The lowest BCUT2D eigenvalue weighted by Crippen LogP contribution is -2.05. The summed E-state index contributed by atoms with van der Waals surface area (Å²) in [5.41, 5.74) is 0.701. The Morgan fingerprint density at radius 1 is 0.909 bits per heavy atom. The molecule has 0 aliphatic carbocycles. The van der Waals surface area contributed by atoms with Crippen molar-refractivity contribution in [3.8, 4) is 0 Å². The number of nitrogens with one attached hydrogen (secondary N) is 1. The third-order valence-electron chi connectivity index (χ3n) is 2.98. The second-order valence-corrected chi connectivity index (χ2v) is 4.91. The van der Waals surface area contributed by atoms with E-state index in [1.807, 2.05) is 0 Å². The van der Waals surface area contributed by atoms with Gasteiger partial charge in [0.25, 0.3) is 0 Å². The highest BCUT2D eigenvalue weighted by Gasteiger charge is 2.30. The largest absolute Gasteiger partial charge is 0.416 e. The molecule has 0 atom stereocenters. The van der Waals surface area contributed by atoms with Crippen LogP contribution in [0.5, 0.6) is 0 Å². The zero-order valence-electron chi connectivity index (χ0n) is 11.0. The van der Waals surface area contributed by atoms with Crippen LogP contribution in [0.25, 0.3) is 11.0 Å². The number of aromatic nitrogens is 2. The standard InChI is InChI=1S/C15H9ClF3N3/c16-13-14(22-12-7-2-1-6-11(12)21-13)20-10-5-3-4-9(8-10)15(17,18)19/h1-8H,(H,20,22). The first-order chi connectivity index (χ1) is 10.4. The van der Waals surface area contributed by atoms with Gasteiger partial charge in [-0.1, -0.05) is 29.8 Å². The summed E-state index contributed by atoms with van der Waals surface area (Å²) in [6.45, 7) is 0. The topological polar surface area (TPSA) is 37.8 Å². The van der Waals surface area contributed by atoms with Gasteiger partial charge in [-0.05, 0) is 30.3 Å². The van der Waals surface area contributed by atoms with Crippen LogP contribution in [0.3, 0.4) is 0 Å². The zero-order chi connectivity index (χ0) is 15.7. The number of rotatable bonds is 2. The van der Waals surface area contributed by atoms with Gasteiger partial charge in [-0.15, -0.1) is 0 Å². The first kappa shape index (κ1) is 14.6. The summed E-state index contributed by atoms with van der Waals surface area (Å²) < 4.78 is 38.1. The Morgan fingerprint density at radius 2 is 1.59 bits per heavy atom. The van der Waals surface area contributed by atoms with E-state index < -0.39 is 11.7 Å². The molecule has 112 valence electrons. The van der Waals surface area contributed by atoms with E-state index in [4.69, 9.17) is 11.6 Å². The van der Waals surface area contributed by atoms with Gasteiger partial charge in [-0.3, -0.25) is 0 Å². The number of hydrogen-bond donors (Lipinski definition) is 1. The van der Waals surface area contributed by atoms with E-state index in [-0.39, 0.29) is 16.7 Å². The number of benzene rings is 2. The Labute approximate surface area is 128 Å². The highest BCUT2D eigenvalue weighted by atomic mass is 35.5. The monoisotopic (exact) mass is 323 g/mol. The molecule has 0 fully saturated rings. The number of halogens is 4. The van der Waals surface area contributed by atoms with Crippen molar-refractivity contribution in [2.75, 3.05) is 5.32 Å². The molecule has 3 rings (SSSR count). The number of anilines is 2.